The number of rotatable bonds is 5. The smallest absolute Gasteiger partial charge is 0.264 e. The molecular formula is C19H24ClN3O3S. The fraction of sp³-hybridized carbons (Fsp3) is 0.421. The van der Waals surface area contributed by atoms with E-state index in [1.54, 1.807) is 36.9 Å². The first-order valence-corrected chi connectivity index (χ1v) is 10.9. The minimum atomic E-state index is -3.95. The number of carbonyl (C=O) groups excluding carboxylic acids is 1. The average Bonchev–Trinajstić information content (AvgIpc) is 3.22. The van der Waals surface area contributed by atoms with E-state index in [0.717, 1.165) is 24.8 Å². The summed E-state index contributed by atoms with van der Waals surface area (Å²) in [5.41, 5.74) is 2.54. The van der Waals surface area contributed by atoms with Gasteiger partial charge in [0.05, 0.1) is 11.3 Å². The number of aromatic amines is 1. The van der Waals surface area contributed by atoms with E-state index >= 15 is 0 Å². The van der Waals surface area contributed by atoms with Gasteiger partial charge < -0.3 is 9.88 Å². The van der Waals surface area contributed by atoms with Gasteiger partial charge in [0.2, 0.25) is 0 Å². The van der Waals surface area contributed by atoms with Crippen molar-refractivity contribution in [2.45, 2.75) is 44.9 Å². The summed E-state index contributed by atoms with van der Waals surface area (Å²) in [6.07, 6.45) is 2.64. The van der Waals surface area contributed by atoms with E-state index in [0.29, 0.717) is 35.2 Å². The van der Waals surface area contributed by atoms with Gasteiger partial charge in [-0.2, -0.15) is 0 Å². The second-order valence-electron chi connectivity index (χ2n) is 6.84. The molecule has 1 aromatic heterocycles. The lowest BCUT2D eigenvalue weighted by molar-refractivity contribution is 0.0788. The number of halogens is 1. The van der Waals surface area contributed by atoms with E-state index in [2.05, 4.69) is 9.71 Å². The Hall–Kier alpha value is -1.99. The van der Waals surface area contributed by atoms with Crippen LogP contribution in [0.15, 0.2) is 23.1 Å². The highest BCUT2D eigenvalue weighted by Gasteiger charge is 2.32. The first kappa shape index (κ1) is 19.8. The number of sulfonamides is 1. The SMILES string of the molecule is CCc1ccc(NS(=O)(=O)c2c(C)[nH]c(C)c2C(=O)N2CCCC2)cc1Cl. The van der Waals surface area contributed by atoms with Gasteiger partial charge in [-0.25, -0.2) is 8.42 Å². The minimum Gasteiger partial charge on any atom is -0.361 e. The molecule has 27 heavy (non-hydrogen) atoms. The summed E-state index contributed by atoms with van der Waals surface area (Å²) >= 11 is 6.21. The molecule has 0 spiro atoms. The van der Waals surface area contributed by atoms with E-state index in [4.69, 9.17) is 11.6 Å². The predicted molar refractivity (Wildman–Crippen MR) is 107 cm³/mol. The Bertz CT molecular complexity index is 976. The number of hydrogen-bond acceptors (Lipinski definition) is 3. The molecule has 1 saturated heterocycles. The number of carbonyl (C=O) groups is 1. The Morgan fingerprint density at radius 3 is 2.48 bits per heavy atom. The van der Waals surface area contributed by atoms with Crippen LogP contribution in [0.3, 0.4) is 0 Å². The molecule has 1 fully saturated rings. The molecule has 2 N–H and O–H groups in total. The van der Waals surface area contributed by atoms with Crippen LogP contribution in [0.25, 0.3) is 0 Å². The van der Waals surface area contributed by atoms with Gasteiger partial charge in [-0.05, 0) is 50.8 Å². The maximum atomic E-state index is 13.1. The number of H-pyrrole nitrogens is 1. The Morgan fingerprint density at radius 2 is 1.89 bits per heavy atom. The van der Waals surface area contributed by atoms with Gasteiger partial charge in [-0.1, -0.05) is 24.6 Å². The van der Waals surface area contributed by atoms with Gasteiger partial charge in [0.25, 0.3) is 15.9 Å². The third-order valence-electron chi connectivity index (χ3n) is 4.88. The summed E-state index contributed by atoms with van der Waals surface area (Å²) in [6, 6.07) is 5.07. The lowest BCUT2D eigenvalue weighted by Gasteiger charge is -2.17. The maximum absolute atomic E-state index is 13.1. The number of benzene rings is 1. The van der Waals surface area contributed by atoms with Gasteiger partial charge in [0.1, 0.15) is 4.90 Å². The number of amides is 1. The molecule has 8 heteroatoms. The highest BCUT2D eigenvalue weighted by atomic mass is 35.5. The maximum Gasteiger partial charge on any atom is 0.264 e. The van der Waals surface area contributed by atoms with Gasteiger partial charge in [0, 0.05) is 29.5 Å². The quantitative estimate of drug-likeness (QED) is 0.785. The molecule has 6 nitrogen and oxygen atoms in total. The van der Waals surface area contributed by atoms with Crippen LogP contribution in [0.4, 0.5) is 5.69 Å². The minimum absolute atomic E-state index is 0.00703. The van der Waals surface area contributed by atoms with Crippen molar-refractivity contribution >= 4 is 33.2 Å². The first-order chi connectivity index (χ1) is 12.7. The lowest BCUT2D eigenvalue weighted by atomic mass is 10.1. The third-order valence-corrected chi connectivity index (χ3v) is 6.78. The van der Waals surface area contributed by atoms with E-state index in [9.17, 15) is 13.2 Å². The van der Waals surface area contributed by atoms with Crippen molar-refractivity contribution in [1.29, 1.82) is 0 Å². The second kappa shape index (κ2) is 7.56. The van der Waals surface area contributed by atoms with Crippen molar-refractivity contribution in [2.75, 3.05) is 17.8 Å². The summed E-state index contributed by atoms with van der Waals surface area (Å²) in [5, 5.41) is 0.507. The van der Waals surface area contributed by atoms with Crippen LogP contribution in [0.5, 0.6) is 0 Å². The zero-order valence-corrected chi connectivity index (χ0v) is 17.3. The van der Waals surface area contributed by atoms with Gasteiger partial charge in [-0.3, -0.25) is 9.52 Å². The number of likely N-dealkylation sites (tertiary alicyclic amines) is 1. The van der Waals surface area contributed by atoms with Gasteiger partial charge >= 0.3 is 0 Å². The summed E-state index contributed by atoms with van der Waals surface area (Å²) in [7, 11) is -3.95. The van der Waals surface area contributed by atoms with E-state index in [1.807, 2.05) is 6.92 Å². The number of nitrogens with one attached hydrogen (secondary N) is 2. The van der Waals surface area contributed by atoms with Crippen molar-refractivity contribution in [2.24, 2.45) is 0 Å². The molecule has 2 heterocycles. The Labute approximate surface area is 165 Å². The molecule has 1 aromatic carbocycles. The topological polar surface area (TPSA) is 82.3 Å². The Balaban J connectivity index is 1.99. The van der Waals surface area contributed by atoms with Crippen LogP contribution in [0, 0.1) is 13.8 Å². The highest BCUT2D eigenvalue weighted by molar-refractivity contribution is 7.92. The van der Waals surface area contributed by atoms with Crippen LogP contribution in [-0.4, -0.2) is 37.3 Å². The molecule has 1 aliphatic heterocycles. The summed E-state index contributed by atoms with van der Waals surface area (Å²) < 4.78 is 28.8. The van der Waals surface area contributed by atoms with Crippen molar-refractivity contribution in [3.63, 3.8) is 0 Å². The number of nitrogens with zero attached hydrogens (tertiary/aromatic N) is 1. The molecular weight excluding hydrogens is 386 g/mol. The van der Waals surface area contributed by atoms with Crippen LogP contribution >= 0.6 is 11.6 Å². The molecule has 1 amide bonds. The zero-order chi connectivity index (χ0) is 19.8. The number of anilines is 1. The summed E-state index contributed by atoms with van der Waals surface area (Å²) in [6.45, 7) is 6.68. The fourth-order valence-electron chi connectivity index (χ4n) is 3.53. The largest absolute Gasteiger partial charge is 0.361 e. The van der Waals surface area contributed by atoms with Crippen LogP contribution < -0.4 is 4.72 Å². The Morgan fingerprint density at radius 1 is 1.22 bits per heavy atom. The predicted octanol–water partition coefficient (Wildman–Crippen LogP) is 3.88. The number of hydrogen-bond donors (Lipinski definition) is 2. The molecule has 0 atom stereocenters. The molecule has 0 radical (unpaired) electrons. The van der Waals surface area contributed by atoms with E-state index < -0.39 is 10.0 Å². The standard InChI is InChI=1S/C19H24ClN3O3S/c1-4-14-7-8-15(11-16(14)20)22-27(25,26)18-13(3)21-12(2)17(18)19(24)23-9-5-6-10-23/h7-8,11,21-22H,4-6,9-10H2,1-3H3. The molecule has 146 valence electrons. The molecule has 0 saturated carbocycles. The average molecular weight is 410 g/mol. The zero-order valence-electron chi connectivity index (χ0n) is 15.7. The fourth-order valence-corrected chi connectivity index (χ4v) is 5.35. The van der Waals surface area contributed by atoms with Crippen LogP contribution in [0.2, 0.25) is 5.02 Å². The molecule has 0 unspecified atom stereocenters. The van der Waals surface area contributed by atoms with E-state index in [1.165, 1.54) is 0 Å². The number of aryl methyl sites for hydroxylation is 3. The van der Waals surface area contributed by atoms with Crippen molar-refractivity contribution in [3.8, 4) is 0 Å². The van der Waals surface area contributed by atoms with Crippen LogP contribution in [0.1, 0.15) is 47.1 Å². The van der Waals surface area contributed by atoms with Gasteiger partial charge in [0.15, 0.2) is 0 Å². The summed E-state index contributed by atoms with van der Waals surface area (Å²) in [4.78, 5) is 17.7. The summed E-state index contributed by atoms with van der Waals surface area (Å²) in [5.74, 6) is -0.242. The van der Waals surface area contributed by atoms with E-state index in [-0.39, 0.29) is 16.4 Å². The monoisotopic (exact) mass is 409 g/mol. The first-order valence-electron chi connectivity index (χ1n) is 9.04. The van der Waals surface area contributed by atoms with Crippen molar-refractivity contribution < 1.29 is 13.2 Å². The highest BCUT2D eigenvalue weighted by Crippen LogP contribution is 2.29. The lowest BCUT2D eigenvalue weighted by Crippen LogP contribution is -2.29. The van der Waals surface area contributed by atoms with Crippen molar-refractivity contribution in [1.82, 2.24) is 9.88 Å². The normalized spacial score (nSPS) is 14.6. The number of aromatic nitrogens is 1. The molecule has 0 aliphatic carbocycles. The Kier molecular flexibility index (Phi) is 5.53. The van der Waals surface area contributed by atoms with Crippen LogP contribution in [-0.2, 0) is 16.4 Å². The molecule has 3 rings (SSSR count). The second-order valence-corrected chi connectivity index (χ2v) is 8.87. The van der Waals surface area contributed by atoms with Gasteiger partial charge in [-0.15, -0.1) is 0 Å². The molecule has 2 aromatic rings. The molecule has 0 bridgehead atoms. The molecule has 1 aliphatic rings. The third kappa shape index (κ3) is 3.84. The van der Waals surface area contributed by atoms with Crippen molar-refractivity contribution in [3.05, 3.63) is 45.7 Å².